The molecule has 1 atom stereocenters. The topological polar surface area (TPSA) is 79.1 Å². The highest BCUT2D eigenvalue weighted by molar-refractivity contribution is 14.1. The van der Waals surface area contributed by atoms with E-state index in [1.165, 1.54) is 11.3 Å². The van der Waals surface area contributed by atoms with E-state index in [9.17, 15) is 9.59 Å². The fourth-order valence-electron chi connectivity index (χ4n) is 5.29. The van der Waals surface area contributed by atoms with Crippen molar-refractivity contribution in [3.63, 3.8) is 0 Å². The molecule has 6 rings (SSSR count). The van der Waals surface area contributed by atoms with E-state index < -0.39 is 12.0 Å². The lowest BCUT2D eigenvalue weighted by molar-refractivity contribution is -0.138. The van der Waals surface area contributed by atoms with Gasteiger partial charge in [0.05, 0.1) is 39.1 Å². The highest BCUT2D eigenvalue weighted by Crippen LogP contribution is 2.36. The first kappa shape index (κ1) is 33.2. The van der Waals surface area contributed by atoms with Gasteiger partial charge in [-0.15, -0.1) is 0 Å². The molecule has 47 heavy (non-hydrogen) atoms. The molecule has 1 aliphatic heterocycles. The van der Waals surface area contributed by atoms with Crippen LogP contribution in [0.2, 0.25) is 5.02 Å². The highest BCUT2D eigenvalue weighted by atomic mass is 127. The summed E-state index contributed by atoms with van der Waals surface area (Å²) >= 11 is 13.5. The van der Waals surface area contributed by atoms with Gasteiger partial charge in [0, 0.05) is 26.2 Å². The number of ether oxygens (including phenoxy) is 3. The van der Waals surface area contributed by atoms with Crippen LogP contribution in [0.3, 0.4) is 0 Å². The summed E-state index contributed by atoms with van der Waals surface area (Å²) in [6.45, 7) is 2.17. The molecule has 0 N–H and O–H groups in total. The van der Waals surface area contributed by atoms with Crippen molar-refractivity contribution < 1.29 is 19.0 Å². The van der Waals surface area contributed by atoms with Crippen LogP contribution < -0.4 is 24.4 Å². The van der Waals surface area contributed by atoms with E-state index in [-0.39, 0.29) is 24.3 Å². The van der Waals surface area contributed by atoms with Gasteiger partial charge < -0.3 is 14.2 Å². The van der Waals surface area contributed by atoms with Gasteiger partial charge in [-0.3, -0.25) is 9.36 Å². The highest BCUT2D eigenvalue weighted by Gasteiger charge is 2.35. The number of carbonyl (C=O) groups is 1. The van der Waals surface area contributed by atoms with Gasteiger partial charge in [0.2, 0.25) is 0 Å². The SMILES string of the molecule is CCOC(=O)C1=C(c2ccccc2)N=c2s/c(=C\c3cc(Br)cc(I)c3OCc3ccccc3Cl)c(=O)n2[C@@H]1c1ccc(OC)cc1. The first-order valence-electron chi connectivity index (χ1n) is 14.6. The van der Waals surface area contributed by atoms with Gasteiger partial charge in [-0.2, -0.15) is 0 Å². The quantitative estimate of drug-likeness (QED) is 0.113. The van der Waals surface area contributed by atoms with Gasteiger partial charge in [0.15, 0.2) is 4.80 Å². The molecule has 11 heteroatoms. The molecule has 0 fully saturated rings. The van der Waals surface area contributed by atoms with Crippen LogP contribution in [0.5, 0.6) is 11.5 Å². The predicted molar refractivity (Wildman–Crippen MR) is 197 cm³/mol. The number of thiazole rings is 1. The zero-order chi connectivity index (χ0) is 33.1. The van der Waals surface area contributed by atoms with E-state index in [0.29, 0.717) is 42.7 Å². The Morgan fingerprint density at radius 2 is 1.79 bits per heavy atom. The van der Waals surface area contributed by atoms with E-state index in [4.69, 9.17) is 30.8 Å². The minimum atomic E-state index is -0.799. The largest absolute Gasteiger partial charge is 0.497 e. The molecule has 238 valence electrons. The van der Waals surface area contributed by atoms with Gasteiger partial charge in [0.25, 0.3) is 5.56 Å². The second kappa shape index (κ2) is 14.6. The Balaban J connectivity index is 1.56. The summed E-state index contributed by atoms with van der Waals surface area (Å²) in [5.41, 5.74) is 3.44. The maximum Gasteiger partial charge on any atom is 0.338 e. The smallest absolute Gasteiger partial charge is 0.338 e. The molecule has 7 nitrogen and oxygen atoms in total. The van der Waals surface area contributed by atoms with Crippen LogP contribution in [0.1, 0.15) is 35.2 Å². The van der Waals surface area contributed by atoms with Crippen LogP contribution in [-0.4, -0.2) is 24.3 Å². The number of esters is 1. The lowest BCUT2D eigenvalue weighted by atomic mass is 9.93. The van der Waals surface area contributed by atoms with E-state index in [2.05, 4.69) is 38.5 Å². The minimum Gasteiger partial charge on any atom is -0.497 e. The number of nitrogens with zero attached hydrogens (tertiary/aromatic N) is 2. The Kier molecular flexibility index (Phi) is 10.3. The van der Waals surface area contributed by atoms with Crippen LogP contribution in [0.15, 0.2) is 111 Å². The Morgan fingerprint density at radius 1 is 1.06 bits per heavy atom. The van der Waals surface area contributed by atoms with E-state index in [1.54, 1.807) is 24.7 Å². The number of hydrogen-bond acceptors (Lipinski definition) is 7. The van der Waals surface area contributed by atoms with Crippen LogP contribution in [-0.2, 0) is 16.1 Å². The molecule has 1 aliphatic rings. The van der Waals surface area contributed by atoms with E-state index >= 15 is 0 Å². The third-order valence-electron chi connectivity index (χ3n) is 7.46. The van der Waals surface area contributed by atoms with Crippen LogP contribution >= 0.6 is 61.5 Å². The Labute approximate surface area is 302 Å². The summed E-state index contributed by atoms with van der Waals surface area (Å²) in [5, 5.41) is 0.611. The molecule has 0 amide bonds. The molecular weight excluding hydrogens is 815 g/mol. The average molecular weight is 842 g/mol. The lowest BCUT2D eigenvalue weighted by Crippen LogP contribution is -2.40. The van der Waals surface area contributed by atoms with Crippen molar-refractivity contribution in [2.24, 2.45) is 4.99 Å². The molecular formula is C36H27BrClIN2O5S. The van der Waals surface area contributed by atoms with Crippen molar-refractivity contribution in [3.05, 3.63) is 152 Å². The molecule has 0 saturated carbocycles. The maximum atomic E-state index is 14.4. The monoisotopic (exact) mass is 840 g/mol. The molecule has 0 saturated heterocycles. The maximum absolute atomic E-state index is 14.4. The van der Waals surface area contributed by atoms with Crippen LogP contribution in [0.25, 0.3) is 11.8 Å². The zero-order valence-electron chi connectivity index (χ0n) is 25.2. The summed E-state index contributed by atoms with van der Waals surface area (Å²) in [4.78, 5) is 33.5. The fourth-order valence-corrected chi connectivity index (χ4v) is 8.18. The summed E-state index contributed by atoms with van der Waals surface area (Å²) in [6, 6.07) is 27.3. The number of aromatic nitrogens is 1. The third kappa shape index (κ3) is 6.96. The number of fused-ring (bicyclic) bond motifs is 1. The molecule has 0 spiro atoms. The summed E-state index contributed by atoms with van der Waals surface area (Å²) in [5.74, 6) is 0.727. The second-order valence-corrected chi connectivity index (χ2v) is 13.9. The zero-order valence-corrected chi connectivity index (χ0v) is 30.5. The van der Waals surface area contributed by atoms with Gasteiger partial charge in [-0.1, -0.05) is 99.5 Å². The van der Waals surface area contributed by atoms with Crippen molar-refractivity contribution in [2.45, 2.75) is 19.6 Å². The average Bonchev–Trinajstić information content (AvgIpc) is 3.38. The van der Waals surface area contributed by atoms with E-state index in [1.807, 2.05) is 91.0 Å². The summed E-state index contributed by atoms with van der Waals surface area (Å²) in [6.07, 6.45) is 1.81. The molecule has 0 bridgehead atoms. The third-order valence-corrected chi connectivity index (χ3v) is 10.1. The molecule has 0 aliphatic carbocycles. The molecule has 4 aromatic carbocycles. The Morgan fingerprint density at radius 3 is 2.49 bits per heavy atom. The Hall–Kier alpha value is -3.71. The summed E-state index contributed by atoms with van der Waals surface area (Å²) in [7, 11) is 1.59. The first-order chi connectivity index (χ1) is 22.8. The van der Waals surface area contributed by atoms with Gasteiger partial charge >= 0.3 is 5.97 Å². The standard InChI is InChI=1S/C36H27BrClIN2O5S/c1-3-45-35(43)30-31(21-9-5-4-6-10-21)40-36-41(32(30)22-13-15-26(44-2)16-14-22)34(42)29(47-36)18-24-17-25(37)19-28(39)33(24)46-20-23-11-7-8-12-27(23)38/h4-19,32H,3,20H2,1-2H3/b29-18-/t32-/m1/s1. The van der Waals surface area contributed by atoms with Gasteiger partial charge in [-0.25, -0.2) is 9.79 Å². The van der Waals surface area contributed by atoms with Crippen molar-refractivity contribution in [1.82, 2.24) is 4.57 Å². The number of benzene rings is 4. The number of rotatable bonds is 9. The molecule has 0 unspecified atom stereocenters. The summed E-state index contributed by atoms with van der Waals surface area (Å²) < 4.78 is 21.0. The first-order valence-corrected chi connectivity index (χ1v) is 17.6. The normalized spacial score (nSPS) is 14.4. The lowest BCUT2D eigenvalue weighted by Gasteiger charge is -2.26. The molecule has 5 aromatic rings. The van der Waals surface area contributed by atoms with Gasteiger partial charge in [0.1, 0.15) is 18.1 Å². The number of halogens is 3. The van der Waals surface area contributed by atoms with Crippen LogP contribution in [0, 0.1) is 3.57 Å². The fraction of sp³-hybridized carbons (Fsp3) is 0.139. The van der Waals surface area contributed by atoms with E-state index in [0.717, 1.165) is 19.2 Å². The predicted octanol–water partition coefficient (Wildman–Crippen LogP) is 7.54. The number of methoxy groups -OCH3 is 1. The number of hydrogen-bond donors (Lipinski definition) is 0. The van der Waals surface area contributed by atoms with Gasteiger partial charge in [-0.05, 0) is 71.5 Å². The molecule has 1 aromatic heterocycles. The minimum absolute atomic E-state index is 0.169. The Bertz CT molecular complexity index is 2180. The number of carbonyl (C=O) groups excluding carboxylic acids is 1. The van der Waals surface area contributed by atoms with Crippen molar-refractivity contribution in [3.8, 4) is 11.5 Å². The second-order valence-electron chi connectivity index (χ2n) is 10.4. The van der Waals surface area contributed by atoms with Crippen molar-refractivity contribution >= 4 is 79.2 Å². The van der Waals surface area contributed by atoms with Crippen molar-refractivity contribution in [1.29, 1.82) is 0 Å². The van der Waals surface area contributed by atoms with Crippen molar-refractivity contribution in [2.75, 3.05) is 13.7 Å². The molecule has 2 heterocycles. The van der Waals surface area contributed by atoms with Crippen LogP contribution in [0.4, 0.5) is 0 Å². The molecule has 0 radical (unpaired) electrons.